The summed E-state index contributed by atoms with van der Waals surface area (Å²) < 4.78 is 5.58. The predicted molar refractivity (Wildman–Crippen MR) is 91.8 cm³/mol. The Morgan fingerprint density at radius 1 is 0.682 bits per heavy atom. The number of ether oxygens (including phenoxy) is 1. The molecule has 0 saturated carbocycles. The van der Waals surface area contributed by atoms with E-state index in [9.17, 15) is 0 Å². The first-order chi connectivity index (χ1) is 10.9. The smallest absolute Gasteiger partial charge is 0.142 e. The van der Waals surface area contributed by atoms with Crippen molar-refractivity contribution in [3.8, 4) is 5.75 Å². The maximum Gasteiger partial charge on any atom is 0.142 e. The molecular formula is C19H15NOS. The molecule has 0 aliphatic carbocycles. The quantitative estimate of drug-likeness (QED) is 0.476. The molecule has 0 bridgehead atoms. The Kier molecular flexibility index (Phi) is 3.28. The van der Waals surface area contributed by atoms with Crippen molar-refractivity contribution in [1.29, 1.82) is 0 Å². The molecule has 0 fully saturated rings. The fourth-order valence-corrected chi connectivity index (χ4v) is 3.84. The van der Waals surface area contributed by atoms with E-state index < -0.39 is 0 Å². The molecule has 3 aromatic rings. The fraction of sp³-hybridized carbons (Fsp3) is 0.0526. The Bertz CT molecular complexity index is 785. The van der Waals surface area contributed by atoms with Gasteiger partial charge < -0.3 is 9.64 Å². The minimum atomic E-state index is 0.874. The zero-order valence-corrected chi connectivity index (χ0v) is 13.0. The Hall–Kier alpha value is -2.39. The average Bonchev–Trinajstić information content (AvgIpc) is 2.59. The van der Waals surface area contributed by atoms with Crippen molar-refractivity contribution in [2.45, 2.75) is 9.79 Å². The lowest BCUT2D eigenvalue weighted by Gasteiger charge is -2.33. The first kappa shape index (κ1) is 13.3. The number of anilines is 3. The lowest BCUT2D eigenvalue weighted by atomic mass is 10.1. The van der Waals surface area contributed by atoms with Crippen LogP contribution in [0, 0.1) is 0 Å². The Morgan fingerprint density at radius 2 is 1.18 bits per heavy atom. The van der Waals surface area contributed by atoms with Crippen LogP contribution in [0.4, 0.5) is 17.1 Å². The van der Waals surface area contributed by atoms with Crippen molar-refractivity contribution in [1.82, 2.24) is 0 Å². The Morgan fingerprint density at radius 3 is 1.77 bits per heavy atom. The number of hydrogen-bond acceptors (Lipinski definition) is 3. The van der Waals surface area contributed by atoms with Crippen molar-refractivity contribution in [2.24, 2.45) is 0 Å². The summed E-state index contributed by atoms with van der Waals surface area (Å²) in [7, 11) is 1.72. The summed E-state index contributed by atoms with van der Waals surface area (Å²) in [4.78, 5) is 4.79. The normalized spacial score (nSPS) is 12.5. The van der Waals surface area contributed by atoms with Gasteiger partial charge in [0.1, 0.15) is 5.75 Å². The molecule has 22 heavy (non-hydrogen) atoms. The highest BCUT2D eigenvalue weighted by molar-refractivity contribution is 7.99. The second-order valence-corrected chi connectivity index (χ2v) is 6.13. The van der Waals surface area contributed by atoms with Crippen molar-refractivity contribution < 1.29 is 4.74 Å². The van der Waals surface area contributed by atoms with Crippen LogP contribution in [-0.4, -0.2) is 7.11 Å². The van der Waals surface area contributed by atoms with Crippen LogP contribution >= 0.6 is 11.8 Å². The Balaban J connectivity index is 1.99. The number of methoxy groups -OCH3 is 1. The van der Waals surface area contributed by atoms with Gasteiger partial charge in [0.2, 0.25) is 0 Å². The van der Waals surface area contributed by atoms with Crippen LogP contribution in [0.5, 0.6) is 5.75 Å². The van der Waals surface area contributed by atoms with E-state index in [4.69, 9.17) is 4.74 Å². The average molecular weight is 305 g/mol. The highest BCUT2D eigenvalue weighted by Crippen LogP contribution is 2.52. The molecule has 0 spiro atoms. The first-order valence-corrected chi connectivity index (χ1v) is 7.99. The molecule has 108 valence electrons. The van der Waals surface area contributed by atoms with Gasteiger partial charge in [-0.25, -0.2) is 0 Å². The third kappa shape index (κ3) is 2.06. The Labute approximate surface area is 134 Å². The summed E-state index contributed by atoms with van der Waals surface area (Å²) in [6.07, 6.45) is 0. The third-order valence-electron chi connectivity index (χ3n) is 3.76. The van der Waals surface area contributed by atoms with Gasteiger partial charge in [0.05, 0.1) is 24.2 Å². The molecule has 1 heterocycles. The molecule has 0 atom stereocenters. The standard InChI is InChI=1S/C19H15NOS/c1-21-17-11-5-2-8-14(17)20-15-9-3-6-12-18(15)22-19-13-7-4-10-16(19)20/h2-13H,1H3. The third-order valence-corrected chi connectivity index (χ3v) is 4.89. The van der Waals surface area contributed by atoms with Crippen molar-refractivity contribution in [3.05, 3.63) is 72.8 Å². The van der Waals surface area contributed by atoms with E-state index in [1.54, 1.807) is 7.11 Å². The van der Waals surface area contributed by atoms with E-state index in [2.05, 4.69) is 59.5 Å². The highest BCUT2D eigenvalue weighted by Gasteiger charge is 2.25. The van der Waals surface area contributed by atoms with Gasteiger partial charge in [-0.2, -0.15) is 0 Å². The number of rotatable bonds is 2. The molecule has 4 rings (SSSR count). The molecule has 0 saturated heterocycles. The number of hydrogen-bond donors (Lipinski definition) is 0. The SMILES string of the molecule is COc1ccccc1N1c2ccccc2Sc2ccccc21. The number of benzene rings is 3. The monoisotopic (exact) mass is 305 g/mol. The second kappa shape index (κ2) is 5.43. The molecule has 0 aromatic heterocycles. The first-order valence-electron chi connectivity index (χ1n) is 7.17. The minimum absolute atomic E-state index is 0.874. The lowest BCUT2D eigenvalue weighted by Crippen LogP contribution is -2.15. The van der Waals surface area contributed by atoms with Crippen molar-refractivity contribution >= 4 is 28.8 Å². The van der Waals surface area contributed by atoms with Gasteiger partial charge in [-0.1, -0.05) is 48.2 Å². The van der Waals surface area contributed by atoms with E-state index in [1.807, 2.05) is 30.0 Å². The lowest BCUT2D eigenvalue weighted by molar-refractivity contribution is 0.416. The van der Waals surface area contributed by atoms with Gasteiger partial charge in [-0.05, 0) is 36.4 Å². The van der Waals surface area contributed by atoms with E-state index in [1.165, 1.54) is 21.2 Å². The van der Waals surface area contributed by atoms with Gasteiger partial charge in [-0.15, -0.1) is 0 Å². The maximum absolute atomic E-state index is 5.58. The van der Waals surface area contributed by atoms with Crippen molar-refractivity contribution in [2.75, 3.05) is 12.0 Å². The second-order valence-electron chi connectivity index (χ2n) is 5.04. The molecule has 0 amide bonds. The molecule has 3 heteroatoms. The summed E-state index contributed by atoms with van der Waals surface area (Å²) in [5.41, 5.74) is 3.44. The zero-order chi connectivity index (χ0) is 14.9. The molecule has 2 nitrogen and oxygen atoms in total. The molecule has 1 aliphatic rings. The molecule has 1 aliphatic heterocycles. The number of fused-ring (bicyclic) bond motifs is 2. The summed E-state index contributed by atoms with van der Waals surface area (Å²) >= 11 is 1.81. The molecule has 3 aromatic carbocycles. The van der Waals surface area contributed by atoms with E-state index in [-0.39, 0.29) is 0 Å². The van der Waals surface area contributed by atoms with Crippen LogP contribution in [0.15, 0.2) is 82.6 Å². The highest BCUT2D eigenvalue weighted by atomic mass is 32.2. The summed E-state index contributed by atoms with van der Waals surface area (Å²) in [5.74, 6) is 0.874. The van der Waals surface area contributed by atoms with Crippen molar-refractivity contribution in [3.63, 3.8) is 0 Å². The predicted octanol–water partition coefficient (Wildman–Crippen LogP) is 5.63. The van der Waals surface area contributed by atoms with Gasteiger partial charge in [-0.3, -0.25) is 0 Å². The van der Waals surface area contributed by atoms with Gasteiger partial charge >= 0.3 is 0 Å². The minimum Gasteiger partial charge on any atom is -0.495 e. The van der Waals surface area contributed by atoms with E-state index in [0.717, 1.165) is 11.4 Å². The van der Waals surface area contributed by atoms with Gasteiger partial charge in [0.25, 0.3) is 0 Å². The van der Waals surface area contributed by atoms with Gasteiger partial charge in [0.15, 0.2) is 0 Å². The summed E-state index contributed by atoms with van der Waals surface area (Å²) in [6, 6.07) is 25.1. The number of nitrogens with zero attached hydrogens (tertiary/aromatic N) is 1. The van der Waals surface area contributed by atoms with Crippen LogP contribution in [0.1, 0.15) is 0 Å². The van der Waals surface area contributed by atoms with Crippen LogP contribution < -0.4 is 9.64 Å². The van der Waals surface area contributed by atoms with Crippen LogP contribution in [0.2, 0.25) is 0 Å². The van der Waals surface area contributed by atoms with Crippen LogP contribution in [0.3, 0.4) is 0 Å². The molecule has 0 unspecified atom stereocenters. The van der Waals surface area contributed by atoms with E-state index >= 15 is 0 Å². The molecular weight excluding hydrogens is 290 g/mol. The maximum atomic E-state index is 5.58. The largest absolute Gasteiger partial charge is 0.495 e. The summed E-state index contributed by atoms with van der Waals surface area (Å²) in [5, 5.41) is 0. The summed E-state index contributed by atoms with van der Waals surface area (Å²) in [6.45, 7) is 0. The zero-order valence-electron chi connectivity index (χ0n) is 12.2. The topological polar surface area (TPSA) is 12.5 Å². The molecule has 0 N–H and O–H groups in total. The van der Waals surface area contributed by atoms with Gasteiger partial charge in [0, 0.05) is 9.79 Å². The number of para-hydroxylation sites is 4. The van der Waals surface area contributed by atoms with E-state index in [0.29, 0.717) is 0 Å². The van der Waals surface area contributed by atoms with Crippen LogP contribution in [0.25, 0.3) is 0 Å². The fourth-order valence-electron chi connectivity index (χ4n) is 2.78. The molecule has 0 radical (unpaired) electrons. The van der Waals surface area contributed by atoms with Crippen LogP contribution in [-0.2, 0) is 0 Å².